The second kappa shape index (κ2) is 11.8. The molecule has 0 amide bonds. The van der Waals surface area contributed by atoms with Gasteiger partial charge in [-0.1, -0.05) is 43.4 Å². The number of ether oxygens (including phenoxy) is 5. The molecule has 2 heterocycles. The highest BCUT2D eigenvalue weighted by atomic mass is 127. The Morgan fingerprint density at radius 2 is 1.85 bits per heavy atom. The predicted molar refractivity (Wildman–Crippen MR) is 142 cm³/mol. The molecule has 0 aromatic rings. The van der Waals surface area contributed by atoms with Gasteiger partial charge in [0.1, 0.15) is 5.76 Å². The van der Waals surface area contributed by atoms with Gasteiger partial charge in [0.25, 0.3) is 0 Å². The number of hydrogen-bond donors (Lipinski definition) is 0. The molecule has 1 saturated heterocycles. The second-order valence-corrected chi connectivity index (χ2v) is 12.0. The number of cyclic esters (lactones) is 1. The van der Waals surface area contributed by atoms with Crippen LogP contribution in [0.25, 0.3) is 0 Å². The number of rotatable bonds is 10. The van der Waals surface area contributed by atoms with E-state index in [-0.39, 0.29) is 23.9 Å². The smallest absolute Gasteiger partial charge is 0.340 e. The third-order valence-electron chi connectivity index (χ3n) is 7.24. The summed E-state index contributed by atoms with van der Waals surface area (Å²) in [5.41, 5.74) is -0.151. The van der Waals surface area contributed by atoms with E-state index in [9.17, 15) is 4.79 Å². The van der Waals surface area contributed by atoms with Crippen LogP contribution < -0.4 is 0 Å². The van der Waals surface area contributed by atoms with Crippen LogP contribution in [-0.4, -0.2) is 72.4 Å². The summed E-state index contributed by atoms with van der Waals surface area (Å²) in [5.74, 6) is -0.483. The first-order valence-corrected chi connectivity index (χ1v) is 13.9. The molecule has 3 unspecified atom stereocenters. The SMILES string of the molecule is CO[C@](C)(C[C@@H](C)CI)[C@H](O[C@@H]1OC(C)CC(N(C)C)C1C)[C@H](C)C1=C(C)C(=O)OC(C)(C)O1. The summed E-state index contributed by atoms with van der Waals surface area (Å²) >= 11 is 2.41. The number of carbonyl (C=O) groups is 1. The van der Waals surface area contributed by atoms with E-state index >= 15 is 0 Å². The first kappa shape index (κ1) is 29.8. The van der Waals surface area contributed by atoms with Crippen molar-refractivity contribution in [2.24, 2.45) is 17.8 Å². The third kappa shape index (κ3) is 6.87. The summed E-state index contributed by atoms with van der Waals surface area (Å²) in [7, 11) is 5.95. The number of esters is 1. The molecule has 34 heavy (non-hydrogen) atoms. The lowest BCUT2D eigenvalue weighted by Gasteiger charge is -2.48. The molecule has 2 aliphatic heterocycles. The largest absolute Gasteiger partial charge is 0.456 e. The van der Waals surface area contributed by atoms with Crippen LogP contribution in [0.4, 0.5) is 0 Å². The zero-order valence-electron chi connectivity index (χ0n) is 22.9. The van der Waals surface area contributed by atoms with Crippen molar-refractivity contribution in [2.75, 3.05) is 25.6 Å². The Bertz CT molecular complexity index is 741. The molecule has 0 saturated carbocycles. The van der Waals surface area contributed by atoms with Crippen molar-refractivity contribution in [2.45, 2.75) is 104 Å². The maximum absolute atomic E-state index is 12.6. The molecular weight excluding hydrogens is 549 g/mol. The zero-order chi connectivity index (χ0) is 26.0. The van der Waals surface area contributed by atoms with Crippen molar-refractivity contribution in [1.82, 2.24) is 4.90 Å². The highest BCUT2D eigenvalue weighted by Gasteiger charge is 2.48. The molecule has 2 aliphatic rings. The Morgan fingerprint density at radius 1 is 1.24 bits per heavy atom. The van der Waals surface area contributed by atoms with Gasteiger partial charge < -0.3 is 28.6 Å². The zero-order valence-corrected chi connectivity index (χ0v) is 25.1. The Morgan fingerprint density at radius 3 is 2.38 bits per heavy atom. The molecule has 0 aliphatic carbocycles. The summed E-state index contributed by atoms with van der Waals surface area (Å²) in [4.78, 5) is 14.9. The van der Waals surface area contributed by atoms with Crippen LogP contribution in [-0.2, 0) is 28.5 Å². The van der Waals surface area contributed by atoms with Crippen LogP contribution in [0.2, 0.25) is 0 Å². The molecule has 0 aromatic heterocycles. The van der Waals surface area contributed by atoms with E-state index in [2.05, 4.69) is 69.3 Å². The number of carbonyl (C=O) groups excluding carboxylic acids is 1. The number of methoxy groups -OCH3 is 1. The normalized spacial score (nSPS) is 32.0. The fourth-order valence-electron chi connectivity index (χ4n) is 5.31. The first-order chi connectivity index (χ1) is 15.7. The summed E-state index contributed by atoms with van der Waals surface area (Å²) < 4.78 is 32.1. The molecule has 0 aromatic carbocycles. The Hall–Kier alpha value is -0.420. The fourth-order valence-corrected chi connectivity index (χ4v) is 5.62. The average Bonchev–Trinajstić information content (AvgIpc) is 2.75. The van der Waals surface area contributed by atoms with E-state index in [1.165, 1.54) is 0 Å². The van der Waals surface area contributed by atoms with Gasteiger partial charge in [-0.25, -0.2) is 4.79 Å². The number of nitrogens with zero attached hydrogens (tertiary/aromatic N) is 1. The van der Waals surface area contributed by atoms with Crippen LogP contribution in [0.15, 0.2) is 11.3 Å². The molecule has 0 N–H and O–H groups in total. The lowest BCUT2D eigenvalue weighted by Crippen LogP contribution is -2.56. The molecule has 8 atom stereocenters. The van der Waals surface area contributed by atoms with E-state index in [1.54, 1.807) is 27.9 Å². The standard InChI is InChI=1S/C26H46INO6/c1-15(14-27)13-26(8,30-11)22(18(4)21-19(5)23(29)34-25(6,7)33-21)32-24-17(3)20(28(9)10)12-16(2)31-24/h15-18,20,22,24H,12-14H2,1-11H3/t15-,16?,17?,18-,20?,22-,24+,26-/m1/s1. The summed E-state index contributed by atoms with van der Waals surface area (Å²) in [5, 5.41) is 0. The molecule has 0 radical (unpaired) electrons. The van der Waals surface area contributed by atoms with Crippen LogP contribution in [0, 0.1) is 17.8 Å². The van der Waals surface area contributed by atoms with E-state index in [4.69, 9.17) is 23.7 Å². The highest BCUT2D eigenvalue weighted by molar-refractivity contribution is 14.1. The third-order valence-corrected chi connectivity index (χ3v) is 8.75. The first-order valence-electron chi connectivity index (χ1n) is 12.4. The van der Waals surface area contributed by atoms with Gasteiger partial charge in [-0.15, -0.1) is 0 Å². The predicted octanol–water partition coefficient (Wildman–Crippen LogP) is 5.16. The summed E-state index contributed by atoms with van der Waals surface area (Å²) in [6.45, 7) is 15.9. The van der Waals surface area contributed by atoms with Gasteiger partial charge in [0.05, 0.1) is 23.4 Å². The minimum absolute atomic E-state index is 0.0763. The maximum Gasteiger partial charge on any atom is 0.340 e. The van der Waals surface area contributed by atoms with Crippen molar-refractivity contribution >= 4 is 28.6 Å². The quantitative estimate of drug-likeness (QED) is 0.197. The molecule has 198 valence electrons. The van der Waals surface area contributed by atoms with Crippen molar-refractivity contribution in [1.29, 1.82) is 0 Å². The molecule has 2 rings (SSSR count). The molecule has 0 bridgehead atoms. The topological polar surface area (TPSA) is 66.5 Å². The van der Waals surface area contributed by atoms with Crippen molar-refractivity contribution in [3.8, 4) is 0 Å². The van der Waals surface area contributed by atoms with E-state index < -0.39 is 23.8 Å². The van der Waals surface area contributed by atoms with Gasteiger partial charge in [-0.05, 0) is 53.6 Å². The maximum atomic E-state index is 12.6. The molecular formula is C26H46INO6. The van der Waals surface area contributed by atoms with E-state index in [0.29, 0.717) is 23.3 Å². The van der Waals surface area contributed by atoms with Crippen LogP contribution in [0.3, 0.4) is 0 Å². The monoisotopic (exact) mass is 595 g/mol. The minimum Gasteiger partial charge on any atom is -0.456 e. The number of halogens is 1. The van der Waals surface area contributed by atoms with Gasteiger partial charge in [-0.3, -0.25) is 0 Å². The Balaban J connectivity index is 2.50. The summed E-state index contributed by atoms with van der Waals surface area (Å²) in [6.07, 6.45) is 1.02. The van der Waals surface area contributed by atoms with Crippen LogP contribution in [0.1, 0.15) is 68.2 Å². The van der Waals surface area contributed by atoms with E-state index in [1.807, 2.05) is 6.92 Å². The van der Waals surface area contributed by atoms with Crippen LogP contribution in [0.5, 0.6) is 0 Å². The number of hydrogen-bond acceptors (Lipinski definition) is 7. The fraction of sp³-hybridized carbons (Fsp3) is 0.885. The van der Waals surface area contributed by atoms with Gasteiger partial charge in [0.15, 0.2) is 6.29 Å². The Kier molecular flexibility index (Phi) is 10.3. The van der Waals surface area contributed by atoms with Gasteiger partial charge in [-0.2, -0.15) is 0 Å². The molecule has 8 heteroatoms. The highest BCUT2D eigenvalue weighted by Crippen LogP contribution is 2.41. The Labute approximate surface area is 220 Å². The van der Waals surface area contributed by atoms with Crippen molar-refractivity contribution in [3.05, 3.63) is 11.3 Å². The summed E-state index contributed by atoms with van der Waals surface area (Å²) in [6, 6.07) is 0.340. The van der Waals surface area contributed by atoms with Crippen molar-refractivity contribution in [3.63, 3.8) is 0 Å². The lowest BCUT2D eigenvalue weighted by atomic mass is 9.80. The molecule has 7 nitrogen and oxygen atoms in total. The molecule has 1 fully saturated rings. The van der Waals surface area contributed by atoms with Gasteiger partial charge in [0, 0.05) is 43.3 Å². The van der Waals surface area contributed by atoms with Gasteiger partial charge in [0.2, 0.25) is 5.79 Å². The minimum atomic E-state index is -1.04. The molecule has 0 spiro atoms. The van der Waals surface area contributed by atoms with Gasteiger partial charge >= 0.3 is 5.97 Å². The number of alkyl halides is 1. The second-order valence-electron chi connectivity index (χ2n) is 11.1. The lowest BCUT2D eigenvalue weighted by molar-refractivity contribution is -0.285. The van der Waals surface area contributed by atoms with Crippen LogP contribution >= 0.6 is 22.6 Å². The van der Waals surface area contributed by atoms with E-state index in [0.717, 1.165) is 17.3 Å². The average molecular weight is 596 g/mol. The van der Waals surface area contributed by atoms with Crippen molar-refractivity contribution < 1.29 is 28.5 Å².